The minimum absolute atomic E-state index is 0.0658. The second-order valence-corrected chi connectivity index (χ2v) is 13.8. The number of carbonyl (C=O) groups is 2. The summed E-state index contributed by atoms with van der Waals surface area (Å²) in [5.74, 6) is 0.760. The maximum atomic E-state index is 13.6. The summed E-state index contributed by atoms with van der Waals surface area (Å²) in [6.45, 7) is 16.4. The Labute approximate surface area is 252 Å². The highest BCUT2D eigenvalue weighted by atomic mass is 16.6. The first-order valence-corrected chi connectivity index (χ1v) is 14.9. The summed E-state index contributed by atoms with van der Waals surface area (Å²) in [5, 5.41) is 7.02. The molecular weight excluding hydrogens is 546 g/mol. The van der Waals surface area contributed by atoms with Gasteiger partial charge < -0.3 is 25.0 Å². The number of hydrogen-bond donors (Lipinski definition) is 2. The normalized spacial score (nSPS) is 20.4. The van der Waals surface area contributed by atoms with E-state index >= 15 is 0 Å². The molecule has 10 heteroatoms. The minimum atomic E-state index is -0.620. The zero-order valence-corrected chi connectivity index (χ0v) is 26.6. The number of nitrogens with one attached hydrogen (secondary N) is 2. The fourth-order valence-corrected chi connectivity index (χ4v) is 5.93. The Morgan fingerprint density at radius 1 is 1.00 bits per heavy atom. The second kappa shape index (κ2) is 10.9. The van der Waals surface area contributed by atoms with Crippen LogP contribution in [0.15, 0.2) is 41.2 Å². The Hall–Kier alpha value is -4.08. The monoisotopic (exact) mass is 589 g/mol. The van der Waals surface area contributed by atoms with Crippen molar-refractivity contribution in [2.24, 2.45) is 18.9 Å². The van der Waals surface area contributed by atoms with E-state index in [1.54, 1.807) is 17.7 Å². The molecule has 2 aromatic carbocycles. The summed E-state index contributed by atoms with van der Waals surface area (Å²) in [4.78, 5) is 46.1. The topological polar surface area (TPSA) is 115 Å². The lowest BCUT2D eigenvalue weighted by atomic mass is 10.0. The number of ether oxygens (including phenoxy) is 2. The van der Waals surface area contributed by atoms with Crippen molar-refractivity contribution in [2.75, 3.05) is 23.3 Å². The molecule has 0 spiro atoms. The van der Waals surface area contributed by atoms with Crippen molar-refractivity contribution in [1.29, 1.82) is 0 Å². The predicted octanol–water partition coefficient (Wildman–Crippen LogP) is 5.33. The van der Waals surface area contributed by atoms with Crippen LogP contribution in [-0.2, 0) is 16.5 Å². The number of hydrogen-bond acceptors (Lipinski definition) is 8. The summed E-state index contributed by atoms with van der Waals surface area (Å²) in [7, 11) is 1.76. The van der Waals surface area contributed by atoms with E-state index < -0.39 is 23.3 Å². The molecule has 1 aromatic heterocycles. The molecule has 1 amide bonds. The maximum Gasteiger partial charge on any atom is 0.407 e. The molecule has 1 aliphatic heterocycles. The molecule has 2 aliphatic rings. The van der Waals surface area contributed by atoms with Crippen molar-refractivity contribution in [3.63, 3.8) is 0 Å². The van der Waals surface area contributed by atoms with Crippen molar-refractivity contribution in [1.82, 2.24) is 14.9 Å². The van der Waals surface area contributed by atoms with Crippen LogP contribution in [0.1, 0.15) is 76.0 Å². The molecule has 2 fully saturated rings. The van der Waals surface area contributed by atoms with Crippen molar-refractivity contribution in [3.05, 3.63) is 63.4 Å². The van der Waals surface area contributed by atoms with E-state index in [9.17, 15) is 14.4 Å². The first kappa shape index (κ1) is 30.4. The molecule has 3 atom stereocenters. The summed E-state index contributed by atoms with van der Waals surface area (Å²) in [6.07, 6.45) is -0.399. The van der Waals surface area contributed by atoms with Gasteiger partial charge in [0.25, 0.3) is 5.56 Å². The molecule has 1 saturated heterocycles. The molecule has 1 aliphatic carbocycles. The lowest BCUT2D eigenvalue weighted by molar-refractivity contribution is 0.00703. The Bertz CT molecular complexity index is 1620. The number of nitrogens with zero attached hydrogens (tertiary/aromatic N) is 3. The van der Waals surface area contributed by atoms with Gasteiger partial charge in [0.15, 0.2) is 0 Å². The van der Waals surface area contributed by atoms with E-state index in [-0.39, 0.29) is 29.5 Å². The fraction of sp³-hybridized carbons (Fsp3) is 0.515. The lowest BCUT2D eigenvalue weighted by Crippen LogP contribution is -2.39. The van der Waals surface area contributed by atoms with Crippen LogP contribution in [0.2, 0.25) is 0 Å². The van der Waals surface area contributed by atoms with Gasteiger partial charge in [-0.1, -0.05) is 18.2 Å². The third-order valence-corrected chi connectivity index (χ3v) is 7.88. The highest BCUT2D eigenvalue weighted by molar-refractivity contribution is 5.96. The molecule has 2 heterocycles. The first-order valence-electron chi connectivity index (χ1n) is 14.9. The number of carbonyl (C=O) groups excluding carboxylic acids is 2. The number of aryl methyl sites for hydroxylation is 1. The summed E-state index contributed by atoms with van der Waals surface area (Å²) >= 11 is 0. The minimum Gasteiger partial charge on any atom is -0.456 e. The maximum absolute atomic E-state index is 13.6. The third kappa shape index (κ3) is 6.48. The highest BCUT2D eigenvalue weighted by Crippen LogP contribution is 2.46. The number of rotatable bonds is 6. The van der Waals surface area contributed by atoms with E-state index in [0.29, 0.717) is 41.2 Å². The molecular formula is C33H43N5O5. The lowest BCUT2D eigenvalue weighted by Gasteiger charge is -2.26. The first-order chi connectivity index (χ1) is 20.0. The van der Waals surface area contributed by atoms with Gasteiger partial charge >= 0.3 is 12.1 Å². The number of esters is 1. The smallest absolute Gasteiger partial charge is 0.407 e. The average Bonchev–Trinajstić information content (AvgIpc) is 3.30. The van der Waals surface area contributed by atoms with Gasteiger partial charge in [0.05, 0.1) is 22.5 Å². The number of para-hydroxylation sites is 1. The zero-order valence-electron chi connectivity index (χ0n) is 26.6. The number of amides is 1. The van der Waals surface area contributed by atoms with Gasteiger partial charge in [-0.05, 0) is 79.2 Å². The Morgan fingerprint density at radius 2 is 1.63 bits per heavy atom. The quantitative estimate of drug-likeness (QED) is 0.371. The number of aromatic nitrogens is 2. The standard InChI is InChI=1S/C33H43N5O5/c1-18-14-21(19(2)34-25-13-11-10-12-20(25)29(40)42-32(3,4)5)26-22(15-18)28(39)37(9)30(35-26)38-16-23-24(17-38)27(23)36-31(41)43-33(6,7)8/h10-15,19,23-24,27,34H,16-17H2,1-9H3,(H,36,41). The number of benzene rings is 2. The Balaban J connectivity index is 1.41. The number of anilines is 2. The van der Waals surface area contributed by atoms with Gasteiger partial charge in [0.2, 0.25) is 5.95 Å². The number of piperidine rings is 1. The molecule has 2 N–H and O–H groups in total. The van der Waals surface area contributed by atoms with Crippen molar-refractivity contribution < 1.29 is 19.1 Å². The number of alkyl carbamates (subject to hydrolysis) is 1. The van der Waals surface area contributed by atoms with Gasteiger partial charge in [-0.3, -0.25) is 9.36 Å². The molecule has 0 bridgehead atoms. The van der Waals surface area contributed by atoms with Gasteiger partial charge in [0, 0.05) is 49.3 Å². The van der Waals surface area contributed by atoms with E-state index in [0.717, 1.165) is 11.1 Å². The molecule has 3 aromatic rings. The Kier molecular flexibility index (Phi) is 7.69. The van der Waals surface area contributed by atoms with Crippen LogP contribution in [-0.4, -0.2) is 51.9 Å². The van der Waals surface area contributed by atoms with Crippen LogP contribution in [0, 0.1) is 18.8 Å². The second-order valence-electron chi connectivity index (χ2n) is 13.8. The molecule has 230 valence electrons. The van der Waals surface area contributed by atoms with Crippen molar-refractivity contribution >= 4 is 34.6 Å². The Morgan fingerprint density at radius 3 is 2.26 bits per heavy atom. The average molecular weight is 590 g/mol. The number of fused-ring (bicyclic) bond motifs is 2. The van der Waals surface area contributed by atoms with Crippen LogP contribution in [0.3, 0.4) is 0 Å². The van der Waals surface area contributed by atoms with Crippen LogP contribution in [0.5, 0.6) is 0 Å². The van der Waals surface area contributed by atoms with Crippen molar-refractivity contribution in [2.45, 2.75) is 78.7 Å². The van der Waals surface area contributed by atoms with E-state index in [1.165, 1.54) is 0 Å². The third-order valence-electron chi connectivity index (χ3n) is 7.88. The zero-order chi connectivity index (χ0) is 31.4. The molecule has 10 nitrogen and oxygen atoms in total. The summed E-state index contributed by atoms with van der Waals surface area (Å²) < 4.78 is 12.7. The molecule has 0 radical (unpaired) electrons. The largest absolute Gasteiger partial charge is 0.456 e. The van der Waals surface area contributed by atoms with Crippen molar-refractivity contribution in [3.8, 4) is 0 Å². The highest BCUT2D eigenvalue weighted by Gasteiger charge is 2.57. The van der Waals surface area contributed by atoms with E-state index in [1.807, 2.05) is 85.7 Å². The SMILES string of the molecule is Cc1cc(C(C)Nc2ccccc2C(=O)OC(C)(C)C)c2nc(N3CC4C(C3)C4NC(=O)OC(C)(C)C)n(C)c(=O)c2c1. The van der Waals surface area contributed by atoms with Gasteiger partial charge in [-0.15, -0.1) is 0 Å². The summed E-state index contributed by atoms with van der Waals surface area (Å²) in [6, 6.07) is 11.0. The van der Waals surface area contributed by atoms with Gasteiger partial charge in [-0.25, -0.2) is 14.6 Å². The van der Waals surface area contributed by atoms with Gasteiger partial charge in [-0.2, -0.15) is 0 Å². The molecule has 43 heavy (non-hydrogen) atoms. The van der Waals surface area contributed by atoms with Crippen LogP contribution in [0.4, 0.5) is 16.4 Å². The van der Waals surface area contributed by atoms with E-state index in [4.69, 9.17) is 14.5 Å². The van der Waals surface area contributed by atoms with Crippen LogP contribution < -0.4 is 21.1 Å². The van der Waals surface area contributed by atoms with Crippen LogP contribution in [0.25, 0.3) is 10.9 Å². The van der Waals surface area contributed by atoms with Gasteiger partial charge in [0.1, 0.15) is 11.2 Å². The van der Waals surface area contributed by atoms with E-state index in [2.05, 4.69) is 15.5 Å². The molecule has 5 rings (SSSR count). The summed E-state index contributed by atoms with van der Waals surface area (Å²) in [5.41, 5.74) is 2.24. The molecule has 3 unspecified atom stereocenters. The fourth-order valence-electron chi connectivity index (χ4n) is 5.93. The molecule has 1 saturated carbocycles. The van der Waals surface area contributed by atoms with Crippen LogP contribution >= 0.6 is 0 Å². The predicted molar refractivity (Wildman–Crippen MR) is 168 cm³/mol.